The second-order valence-electron chi connectivity index (χ2n) is 6.60. The number of ether oxygens (including phenoxy) is 1. The lowest BCUT2D eigenvalue weighted by molar-refractivity contribution is -0.141. The molecule has 0 aliphatic heterocycles. The second-order valence-corrected chi connectivity index (χ2v) is 6.60. The molecule has 1 N–H and O–H groups in total. The van der Waals surface area contributed by atoms with Crippen molar-refractivity contribution in [3.63, 3.8) is 0 Å². The van der Waals surface area contributed by atoms with Crippen LogP contribution in [0.5, 0.6) is 5.75 Å². The standard InChI is InChI=1S/C18H18F5N3O2/c1-10-8-12(28-17(19)20)4-5-13(10)24-16(27)6-7-26-14(11-2-3-11)9-15(25-26)18(21,22)23/h4-5,8-9,11,17H,2-3,6-7H2,1H3,(H,24,27). The molecule has 0 saturated heterocycles. The summed E-state index contributed by atoms with van der Waals surface area (Å²) in [6.45, 7) is -1.32. The highest BCUT2D eigenvalue weighted by molar-refractivity contribution is 5.91. The van der Waals surface area contributed by atoms with Gasteiger partial charge in [0.1, 0.15) is 5.75 Å². The van der Waals surface area contributed by atoms with Crippen molar-refractivity contribution in [2.24, 2.45) is 0 Å². The molecule has 1 fully saturated rings. The van der Waals surface area contributed by atoms with E-state index in [-0.39, 0.29) is 24.6 Å². The van der Waals surface area contributed by atoms with Crippen molar-refractivity contribution in [2.45, 2.75) is 51.4 Å². The Labute approximate surface area is 157 Å². The van der Waals surface area contributed by atoms with Crippen LogP contribution in [0.3, 0.4) is 0 Å². The first-order valence-corrected chi connectivity index (χ1v) is 8.63. The maximum absolute atomic E-state index is 12.9. The number of aryl methyl sites for hydroxylation is 2. The van der Waals surface area contributed by atoms with Crippen molar-refractivity contribution < 1.29 is 31.5 Å². The first-order chi connectivity index (χ1) is 13.1. The summed E-state index contributed by atoms with van der Waals surface area (Å²) < 4.78 is 68.7. The fourth-order valence-corrected chi connectivity index (χ4v) is 2.83. The van der Waals surface area contributed by atoms with Crippen LogP contribution in [0, 0.1) is 6.92 Å². The number of nitrogens with one attached hydrogen (secondary N) is 1. The highest BCUT2D eigenvalue weighted by Crippen LogP contribution is 2.42. The molecule has 0 spiro atoms. The molecule has 0 bridgehead atoms. The fraction of sp³-hybridized carbons (Fsp3) is 0.444. The fourth-order valence-electron chi connectivity index (χ4n) is 2.83. The maximum atomic E-state index is 12.9. The van der Waals surface area contributed by atoms with Crippen LogP contribution in [0.1, 0.15) is 42.1 Å². The normalized spacial score (nSPS) is 14.4. The van der Waals surface area contributed by atoms with E-state index in [2.05, 4.69) is 15.2 Å². The Morgan fingerprint density at radius 2 is 2.04 bits per heavy atom. The molecule has 2 aromatic rings. The van der Waals surface area contributed by atoms with Crippen LogP contribution in [0.15, 0.2) is 24.3 Å². The molecule has 1 aliphatic rings. The Bertz CT molecular complexity index is 859. The highest BCUT2D eigenvalue weighted by Gasteiger charge is 2.37. The molecular weight excluding hydrogens is 385 g/mol. The van der Waals surface area contributed by atoms with E-state index in [0.29, 0.717) is 16.9 Å². The molecular formula is C18H18F5N3O2. The van der Waals surface area contributed by atoms with E-state index >= 15 is 0 Å². The Balaban J connectivity index is 1.62. The molecule has 1 aromatic carbocycles. The quantitative estimate of drug-likeness (QED) is 0.681. The minimum Gasteiger partial charge on any atom is -0.435 e. The Morgan fingerprint density at radius 1 is 1.32 bits per heavy atom. The third kappa shape index (κ3) is 4.99. The number of rotatable bonds is 7. The van der Waals surface area contributed by atoms with Gasteiger partial charge in [-0.05, 0) is 49.6 Å². The molecule has 1 aromatic heterocycles. The zero-order valence-corrected chi connectivity index (χ0v) is 14.9. The molecule has 0 radical (unpaired) electrons. The number of carbonyl (C=O) groups is 1. The van der Waals surface area contributed by atoms with Gasteiger partial charge in [0.05, 0.1) is 0 Å². The lowest BCUT2D eigenvalue weighted by Crippen LogP contribution is -2.17. The minimum absolute atomic E-state index is 0.0133. The van der Waals surface area contributed by atoms with Crippen LogP contribution in [-0.2, 0) is 17.5 Å². The summed E-state index contributed by atoms with van der Waals surface area (Å²) in [6.07, 6.45) is -2.99. The van der Waals surface area contributed by atoms with Gasteiger partial charge in [-0.3, -0.25) is 9.48 Å². The number of halogens is 5. The SMILES string of the molecule is Cc1cc(OC(F)F)ccc1NC(=O)CCn1nc(C(F)(F)F)cc1C1CC1. The van der Waals surface area contributed by atoms with Gasteiger partial charge in [-0.25, -0.2) is 0 Å². The van der Waals surface area contributed by atoms with Crippen molar-refractivity contribution in [3.05, 3.63) is 41.2 Å². The van der Waals surface area contributed by atoms with Gasteiger partial charge in [0, 0.05) is 30.3 Å². The Hall–Kier alpha value is -2.65. The summed E-state index contributed by atoms with van der Waals surface area (Å²) in [5, 5.41) is 6.22. The van der Waals surface area contributed by atoms with Crippen molar-refractivity contribution in [3.8, 4) is 5.75 Å². The number of nitrogens with zero attached hydrogens (tertiary/aromatic N) is 2. The largest absolute Gasteiger partial charge is 0.435 e. The number of hydrogen-bond donors (Lipinski definition) is 1. The average molecular weight is 403 g/mol. The van der Waals surface area contributed by atoms with E-state index in [1.807, 2.05) is 0 Å². The van der Waals surface area contributed by atoms with E-state index in [9.17, 15) is 26.7 Å². The van der Waals surface area contributed by atoms with Crippen LogP contribution in [0.2, 0.25) is 0 Å². The number of alkyl halides is 5. The molecule has 1 amide bonds. The Kier molecular flexibility index (Phi) is 5.57. The molecule has 1 heterocycles. The molecule has 28 heavy (non-hydrogen) atoms. The highest BCUT2D eigenvalue weighted by atomic mass is 19.4. The third-order valence-electron chi connectivity index (χ3n) is 4.34. The van der Waals surface area contributed by atoms with Crippen molar-refractivity contribution >= 4 is 11.6 Å². The van der Waals surface area contributed by atoms with Crippen LogP contribution >= 0.6 is 0 Å². The predicted octanol–water partition coefficient (Wildman–Crippen LogP) is 4.72. The number of anilines is 1. The van der Waals surface area contributed by atoms with Crippen LogP contribution in [0.4, 0.5) is 27.6 Å². The van der Waals surface area contributed by atoms with E-state index in [0.717, 1.165) is 18.9 Å². The third-order valence-corrected chi connectivity index (χ3v) is 4.34. The summed E-state index contributed by atoms with van der Waals surface area (Å²) in [5.74, 6) is -0.400. The van der Waals surface area contributed by atoms with Crippen LogP contribution in [-0.4, -0.2) is 22.3 Å². The van der Waals surface area contributed by atoms with Crippen molar-refractivity contribution in [1.82, 2.24) is 9.78 Å². The molecule has 5 nitrogen and oxygen atoms in total. The molecule has 1 saturated carbocycles. The molecule has 152 valence electrons. The summed E-state index contributed by atoms with van der Waals surface area (Å²) >= 11 is 0. The van der Waals surface area contributed by atoms with Crippen LogP contribution in [0.25, 0.3) is 0 Å². The first-order valence-electron chi connectivity index (χ1n) is 8.63. The number of aromatic nitrogens is 2. The minimum atomic E-state index is -4.53. The van der Waals surface area contributed by atoms with E-state index in [1.54, 1.807) is 6.92 Å². The number of hydrogen-bond acceptors (Lipinski definition) is 3. The van der Waals surface area contributed by atoms with Crippen LogP contribution < -0.4 is 10.1 Å². The van der Waals surface area contributed by atoms with Gasteiger partial charge in [0.2, 0.25) is 5.91 Å². The van der Waals surface area contributed by atoms with Gasteiger partial charge < -0.3 is 10.1 Å². The predicted molar refractivity (Wildman–Crippen MR) is 90.3 cm³/mol. The van der Waals surface area contributed by atoms with E-state index < -0.39 is 24.4 Å². The maximum Gasteiger partial charge on any atom is 0.435 e. The monoisotopic (exact) mass is 403 g/mol. The molecule has 3 rings (SSSR count). The van der Waals surface area contributed by atoms with Crippen molar-refractivity contribution in [1.29, 1.82) is 0 Å². The van der Waals surface area contributed by atoms with Gasteiger partial charge in [-0.15, -0.1) is 0 Å². The topological polar surface area (TPSA) is 56.1 Å². The van der Waals surface area contributed by atoms with Gasteiger partial charge >= 0.3 is 12.8 Å². The summed E-state index contributed by atoms with van der Waals surface area (Å²) in [7, 11) is 0. The molecule has 10 heteroatoms. The van der Waals surface area contributed by atoms with Gasteiger partial charge in [-0.2, -0.15) is 27.1 Å². The summed E-state index contributed by atoms with van der Waals surface area (Å²) in [4.78, 5) is 12.2. The van der Waals surface area contributed by atoms with E-state index in [1.165, 1.54) is 22.9 Å². The number of carbonyl (C=O) groups excluding carboxylic acids is 1. The molecule has 0 atom stereocenters. The Morgan fingerprint density at radius 3 is 2.61 bits per heavy atom. The zero-order chi connectivity index (χ0) is 20.5. The second kappa shape index (κ2) is 7.76. The summed E-state index contributed by atoms with van der Waals surface area (Å²) in [5.41, 5.74) is 0.458. The number of amides is 1. The van der Waals surface area contributed by atoms with Crippen molar-refractivity contribution in [2.75, 3.05) is 5.32 Å². The molecule has 0 unspecified atom stereocenters. The lowest BCUT2D eigenvalue weighted by Gasteiger charge is -2.11. The smallest absolute Gasteiger partial charge is 0.435 e. The van der Waals surface area contributed by atoms with E-state index in [4.69, 9.17) is 0 Å². The average Bonchev–Trinajstić information content (AvgIpc) is 3.33. The summed E-state index contributed by atoms with van der Waals surface area (Å²) in [6, 6.07) is 5.12. The van der Waals surface area contributed by atoms with Gasteiger partial charge in [0.25, 0.3) is 0 Å². The number of benzene rings is 1. The van der Waals surface area contributed by atoms with Gasteiger partial charge in [0.15, 0.2) is 5.69 Å². The lowest BCUT2D eigenvalue weighted by atomic mass is 10.2. The zero-order valence-electron chi connectivity index (χ0n) is 14.9. The molecule has 1 aliphatic carbocycles. The van der Waals surface area contributed by atoms with Gasteiger partial charge in [-0.1, -0.05) is 0 Å². The first kappa shape index (κ1) is 20.1.